The van der Waals surface area contributed by atoms with Crippen LogP contribution in [0.5, 0.6) is 0 Å². The number of alkyl halides is 1. The summed E-state index contributed by atoms with van der Waals surface area (Å²) in [5.41, 5.74) is 0. The maximum Gasteiger partial charge on any atom is 0.151 e. The van der Waals surface area contributed by atoms with Crippen molar-refractivity contribution in [1.82, 2.24) is 5.32 Å². The normalized spacial score (nSPS) is 13.8. The zero-order valence-corrected chi connectivity index (χ0v) is 12.6. The standard InChI is InChI=1S/C12H26ClNO2S/c1-3-5-12(6-7-13)11-14-8-10-17(15,16)9-4-2/h12,14H,3-11H2,1-2H3. The zero-order chi connectivity index (χ0) is 13.1. The van der Waals surface area contributed by atoms with Crippen molar-refractivity contribution in [3.63, 3.8) is 0 Å². The van der Waals surface area contributed by atoms with E-state index in [9.17, 15) is 8.42 Å². The average Bonchev–Trinajstić information content (AvgIpc) is 2.25. The molecule has 0 bridgehead atoms. The molecule has 1 N–H and O–H groups in total. The number of rotatable bonds is 11. The van der Waals surface area contributed by atoms with E-state index in [0.717, 1.165) is 25.8 Å². The summed E-state index contributed by atoms with van der Waals surface area (Å²) in [6.45, 7) is 5.49. The molecule has 5 heteroatoms. The molecule has 0 fully saturated rings. The summed E-state index contributed by atoms with van der Waals surface area (Å²) in [6, 6.07) is 0. The maximum atomic E-state index is 11.5. The summed E-state index contributed by atoms with van der Waals surface area (Å²) < 4.78 is 22.9. The molecule has 0 rings (SSSR count). The first-order valence-electron chi connectivity index (χ1n) is 6.52. The van der Waals surface area contributed by atoms with Gasteiger partial charge in [-0.05, 0) is 31.7 Å². The zero-order valence-electron chi connectivity index (χ0n) is 11.0. The van der Waals surface area contributed by atoms with E-state index in [-0.39, 0.29) is 5.75 Å². The van der Waals surface area contributed by atoms with E-state index in [2.05, 4.69) is 12.2 Å². The summed E-state index contributed by atoms with van der Waals surface area (Å²) in [4.78, 5) is 0. The molecule has 3 nitrogen and oxygen atoms in total. The van der Waals surface area contributed by atoms with Crippen LogP contribution in [0.25, 0.3) is 0 Å². The molecule has 0 aromatic rings. The summed E-state index contributed by atoms with van der Waals surface area (Å²) in [5, 5.41) is 3.23. The Bertz CT molecular complexity index is 262. The van der Waals surface area contributed by atoms with Gasteiger partial charge >= 0.3 is 0 Å². The number of hydrogen-bond donors (Lipinski definition) is 1. The van der Waals surface area contributed by atoms with Crippen LogP contribution in [0.1, 0.15) is 39.5 Å². The minimum atomic E-state index is -2.84. The second kappa shape index (κ2) is 10.2. The van der Waals surface area contributed by atoms with Gasteiger partial charge in [0.25, 0.3) is 0 Å². The third-order valence-corrected chi connectivity index (χ3v) is 4.83. The molecule has 0 saturated carbocycles. The van der Waals surface area contributed by atoms with E-state index in [0.29, 0.717) is 30.5 Å². The summed E-state index contributed by atoms with van der Waals surface area (Å²) in [6.07, 6.45) is 4.01. The third-order valence-electron chi connectivity index (χ3n) is 2.75. The van der Waals surface area contributed by atoms with Gasteiger partial charge in [0.2, 0.25) is 0 Å². The van der Waals surface area contributed by atoms with Crippen molar-refractivity contribution in [2.45, 2.75) is 39.5 Å². The van der Waals surface area contributed by atoms with Crippen molar-refractivity contribution >= 4 is 21.4 Å². The molecule has 1 unspecified atom stereocenters. The van der Waals surface area contributed by atoms with E-state index in [1.54, 1.807) is 0 Å². The highest BCUT2D eigenvalue weighted by atomic mass is 35.5. The summed E-state index contributed by atoms with van der Waals surface area (Å²) >= 11 is 5.73. The van der Waals surface area contributed by atoms with Gasteiger partial charge in [0, 0.05) is 18.2 Å². The summed E-state index contributed by atoms with van der Waals surface area (Å²) in [7, 11) is -2.84. The third kappa shape index (κ3) is 9.86. The van der Waals surface area contributed by atoms with Crippen LogP contribution >= 0.6 is 11.6 Å². The second-order valence-electron chi connectivity index (χ2n) is 4.49. The fraction of sp³-hybridized carbons (Fsp3) is 1.00. The Morgan fingerprint density at radius 1 is 1.12 bits per heavy atom. The Labute approximate surface area is 111 Å². The van der Waals surface area contributed by atoms with Crippen molar-refractivity contribution < 1.29 is 8.42 Å². The highest BCUT2D eigenvalue weighted by Gasteiger charge is 2.10. The van der Waals surface area contributed by atoms with Crippen LogP contribution < -0.4 is 5.32 Å². The SMILES string of the molecule is CCCC(CCCl)CNCCS(=O)(=O)CCC. The molecule has 0 saturated heterocycles. The Morgan fingerprint density at radius 2 is 1.82 bits per heavy atom. The second-order valence-corrected chi connectivity index (χ2v) is 7.17. The summed E-state index contributed by atoms with van der Waals surface area (Å²) in [5.74, 6) is 1.81. The van der Waals surface area contributed by atoms with Crippen molar-refractivity contribution in [3.05, 3.63) is 0 Å². The molecule has 0 aromatic heterocycles. The molecule has 0 aromatic carbocycles. The quantitative estimate of drug-likeness (QED) is 0.468. The number of nitrogens with one attached hydrogen (secondary N) is 1. The molecule has 1 atom stereocenters. The lowest BCUT2D eigenvalue weighted by atomic mass is 10.0. The fourth-order valence-electron chi connectivity index (χ4n) is 1.86. The smallest absolute Gasteiger partial charge is 0.151 e. The monoisotopic (exact) mass is 283 g/mol. The van der Waals surface area contributed by atoms with Crippen LogP contribution in [0.3, 0.4) is 0 Å². The average molecular weight is 284 g/mol. The van der Waals surface area contributed by atoms with Crippen LogP contribution in [0.15, 0.2) is 0 Å². The largest absolute Gasteiger partial charge is 0.315 e. The lowest BCUT2D eigenvalue weighted by molar-refractivity contribution is 0.436. The molecule has 104 valence electrons. The van der Waals surface area contributed by atoms with Crippen LogP contribution in [0.4, 0.5) is 0 Å². The van der Waals surface area contributed by atoms with Crippen LogP contribution in [-0.2, 0) is 9.84 Å². The fourth-order valence-corrected chi connectivity index (χ4v) is 3.45. The lowest BCUT2D eigenvalue weighted by Gasteiger charge is -2.15. The van der Waals surface area contributed by atoms with E-state index in [1.165, 1.54) is 0 Å². The van der Waals surface area contributed by atoms with Gasteiger partial charge in [-0.1, -0.05) is 20.3 Å². The van der Waals surface area contributed by atoms with Gasteiger partial charge in [0.05, 0.1) is 5.75 Å². The van der Waals surface area contributed by atoms with Crippen molar-refractivity contribution in [3.8, 4) is 0 Å². The Hall–Kier alpha value is 0.200. The van der Waals surface area contributed by atoms with E-state index in [4.69, 9.17) is 11.6 Å². The molecular formula is C12H26ClNO2S. The lowest BCUT2D eigenvalue weighted by Crippen LogP contribution is -2.29. The van der Waals surface area contributed by atoms with Crippen LogP contribution in [-0.4, -0.2) is 38.9 Å². The molecule has 0 aliphatic heterocycles. The van der Waals surface area contributed by atoms with Gasteiger partial charge in [-0.25, -0.2) is 8.42 Å². The maximum absolute atomic E-state index is 11.5. The number of halogens is 1. The Balaban J connectivity index is 3.74. The Morgan fingerprint density at radius 3 is 2.35 bits per heavy atom. The molecule has 0 heterocycles. The molecular weight excluding hydrogens is 258 g/mol. The van der Waals surface area contributed by atoms with Crippen LogP contribution in [0.2, 0.25) is 0 Å². The molecule has 0 radical (unpaired) electrons. The molecule has 0 aliphatic carbocycles. The van der Waals surface area contributed by atoms with Gasteiger partial charge in [-0.3, -0.25) is 0 Å². The minimum absolute atomic E-state index is 0.251. The first-order valence-corrected chi connectivity index (χ1v) is 8.88. The molecule has 0 spiro atoms. The molecule has 0 amide bonds. The Kier molecular flexibility index (Phi) is 10.3. The first-order chi connectivity index (χ1) is 8.05. The molecule has 0 aliphatic rings. The first kappa shape index (κ1) is 17.2. The van der Waals surface area contributed by atoms with E-state index >= 15 is 0 Å². The van der Waals surface area contributed by atoms with E-state index < -0.39 is 9.84 Å². The van der Waals surface area contributed by atoms with Crippen molar-refractivity contribution in [2.75, 3.05) is 30.5 Å². The highest BCUT2D eigenvalue weighted by Crippen LogP contribution is 2.10. The van der Waals surface area contributed by atoms with Gasteiger partial charge in [-0.2, -0.15) is 0 Å². The number of sulfone groups is 1. The van der Waals surface area contributed by atoms with Gasteiger partial charge in [0.1, 0.15) is 0 Å². The van der Waals surface area contributed by atoms with Gasteiger partial charge in [-0.15, -0.1) is 11.6 Å². The van der Waals surface area contributed by atoms with Gasteiger partial charge in [0.15, 0.2) is 9.84 Å². The predicted molar refractivity (Wildman–Crippen MR) is 75.5 cm³/mol. The van der Waals surface area contributed by atoms with E-state index in [1.807, 2.05) is 6.92 Å². The van der Waals surface area contributed by atoms with Crippen molar-refractivity contribution in [1.29, 1.82) is 0 Å². The number of hydrogen-bond acceptors (Lipinski definition) is 3. The van der Waals surface area contributed by atoms with Gasteiger partial charge < -0.3 is 5.32 Å². The minimum Gasteiger partial charge on any atom is -0.315 e. The highest BCUT2D eigenvalue weighted by molar-refractivity contribution is 7.91. The van der Waals surface area contributed by atoms with Crippen molar-refractivity contribution in [2.24, 2.45) is 5.92 Å². The predicted octanol–water partition coefficient (Wildman–Crippen LogP) is 2.45. The topological polar surface area (TPSA) is 46.2 Å². The molecule has 17 heavy (non-hydrogen) atoms. The van der Waals surface area contributed by atoms with Crippen LogP contribution in [0, 0.1) is 5.92 Å².